The molecule has 1 aromatic rings. The molecule has 2 N–H and O–H groups in total. The van der Waals surface area contributed by atoms with Gasteiger partial charge in [0.25, 0.3) is 0 Å². The van der Waals surface area contributed by atoms with Gasteiger partial charge in [0.15, 0.2) is 0 Å². The van der Waals surface area contributed by atoms with Gasteiger partial charge in [-0.15, -0.1) is 0 Å². The summed E-state index contributed by atoms with van der Waals surface area (Å²) in [5.41, 5.74) is 9.75. The largest absolute Gasteiger partial charge is 0.496 e. The fraction of sp³-hybridized carbons (Fsp3) is 0.429. The third kappa shape index (κ3) is 4.51. The van der Waals surface area contributed by atoms with Crippen molar-refractivity contribution in [2.75, 3.05) is 20.2 Å². The molecule has 0 fully saturated rings. The van der Waals surface area contributed by atoms with E-state index in [9.17, 15) is 0 Å². The predicted molar refractivity (Wildman–Crippen MR) is 102 cm³/mol. The van der Waals surface area contributed by atoms with E-state index < -0.39 is 0 Å². The molecule has 0 amide bonds. The molecule has 1 unspecified atom stereocenters. The Labute approximate surface area is 146 Å². The minimum absolute atomic E-state index is 0.529. The maximum Gasteiger partial charge on any atom is 0.122 e. The van der Waals surface area contributed by atoms with E-state index in [0.29, 0.717) is 6.04 Å². The van der Waals surface area contributed by atoms with Gasteiger partial charge >= 0.3 is 0 Å². The average Bonchev–Trinajstić information content (AvgIpc) is 2.63. The van der Waals surface area contributed by atoms with E-state index in [1.165, 1.54) is 17.5 Å². The SMILES string of the molecule is C=C/C=C\C(=C/N)CN(CCC)C1CCc2cccc(OC)c2C1. The summed E-state index contributed by atoms with van der Waals surface area (Å²) in [6.07, 6.45) is 12.0. The highest BCUT2D eigenvalue weighted by molar-refractivity contribution is 5.42. The molecule has 1 aromatic carbocycles. The van der Waals surface area contributed by atoms with Crippen LogP contribution in [0.15, 0.2) is 54.8 Å². The van der Waals surface area contributed by atoms with Crippen molar-refractivity contribution in [2.45, 2.75) is 38.6 Å². The highest BCUT2D eigenvalue weighted by Gasteiger charge is 2.26. The van der Waals surface area contributed by atoms with Crippen LogP contribution in [0, 0.1) is 0 Å². The average molecular weight is 326 g/mol. The summed E-state index contributed by atoms with van der Waals surface area (Å²) < 4.78 is 5.58. The Morgan fingerprint density at radius 3 is 2.96 bits per heavy atom. The second kappa shape index (κ2) is 9.33. The lowest BCUT2D eigenvalue weighted by Crippen LogP contribution is -2.41. The first-order valence-electron chi connectivity index (χ1n) is 8.82. The van der Waals surface area contributed by atoms with E-state index in [1.807, 2.05) is 12.2 Å². The smallest absolute Gasteiger partial charge is 0.122 e. The summed E-state index contributed by atoms with van der Waals surface area (Å²) in [5.74, 6) is 1.02. The summed E-state index contributed by atoms with van der Waals surface area (Å²) in [6, 6.07) is 6.93. The number of nitrogens with zero attached hydrogens (tertiary/aromatic N) is 1. The minimum Gasteiger partial charge on any atom is -0.496 e. The normalized spacial score (nSPS) is 18.0. The number of benzene rings is 1. The molecule has 0 aliphatic heterocycles. The molecule has 1 aliphatic rings. The van der Waals surface area contributed by atoms with Crippen molar-refractivity contribution in [3.63, 3.8) is 0 Å². The molecule has 0 spiro atoms. The van der Waals surface area contributed by atoms with E-state index in [2.05, 4.69) is 36.6 Å². The number of nitrogens with two attached hydrogens (primary N) is 1. The van der Waals surface area contributed by atoms with E-state index in [0.717, 1.165) is 43.7 Å². The monoisotopic (exact) mass is 326 g/mol. The first-order chi connectivity index (χ1) is 11.7. The number of hydrogen-bond acceptors (Lipinski definition) is 3. The molecule has 24 heavy (non-hydrogen) atoms. The first kappa shape index (κ1) is 18.3. The Morgan fingerprint density at radius 1 is 1.46 bits per heavy atom. The number of fused-ring (bicyclic) bond motifs is 1. The fourth-order valence-corrected chi connectivity index (χ4v) is 3.50. The van der Waals surface area contributed by atoms with Gasteiger partial charge in [-0.2, -0.15) is 0 Å². The van der Waals surface area contributed by atoms with Gasteiger partial charge < -0.3 is 10.5 Å². The van der Waals surface area contributed by atoms with Crippen molar-refractivity contribution in [1.82, 2.24) is 4.90 Å². The van der Waals surface area contributed by atoms with Crippen LogP contribution >= 0.6 is 0 Å². The molecular formula is C21H30N2O. The molecule has 1 atom stereocenters. The lowest BCUT2D eigenvalue weighted by molar-refractivity contribution is 0.194. The number of rotatable bonds is 8. The first-order valence-corrected chi connectivity index (χ1v) is 8.82. The quantitative estimate of drug-likeness (QED) is 0.738. The molecule has 0 heterocycles. The second-order valence-corrected chi connectivity index (χ2v) is 6.30. The van der Waals surface area contributed by atoms with Crippen LogP contribution in [-0.4, -0.2) is 31.1 Å². The number of hydrogen-bond donors (Lipinski definition) is 1. The van der Waals surface area contributed by atoms with Gasteiger partial charge in [0.2, 0.25) is 0 Å². The van der Waals surface area contributed by atoms with E-state index in [-0.39, 0.29) is 0 Å². The minimum atomic E-state index is 0.529. The summed E-state index contributed by atoms with van der Waals surface area (Å²) in [5, 5.41) is 0. The molecule has 0 radical (unpaired) electrons. The van der Waals surface area contributed by atoms with Crippen LogP contribution in [0.3, 0.4) is 0 Å². The number of ether oxygens (including phenoxy) is 1. The zero-order chi connectivity index (χ0) is 17.4. The molecule has 0 saturated carbocycles. The molecule has 0 saturated heterocycles. The number of allylic oxidation sites excluding steroid dienone is 2. The van der Waals surface area contributed by atoms with Gasteiger partial charge in [-0.1, -0.05) is 43.9 Å². The van der Waals surface area contributed by atoms with E-state index in [1.54, 1.807) is 19.4 Å². The molecule has 130 valence electrons. The standard InChI is InChI=1S/C21H30N2O/c1-4-6-8-17(15-22)16-23(13-5-2)19-12-11-18-9-7-10-21(24-3)20(18)14-19/h4,6-10,15,19H,1,5,11-14,16,22H2,2-3H3/b8-6-,17-15+. The van der Waals surface area contributed by atoms with Gasteiger partial charge in [-0.25, -0.2) is 0 Å². The Kier molecular flexibility index (Phi) is 7.13. The summed E-state index contributed by atoms with van der Waals surface area (Å²) >= 11 is 0. The van der Waals surface area contributed by atoms with Crippen molar-refractivity contribution in [2.24, 2.45) is 5.73 Å². The van der Waals surface area contributed by atoms with Gasteiger partial charge in [0.1, 0.15) is 5.75 Å². The zero-order valence-corrected chi connectivity index (χ0v) is 15.0. The van der Waals surface area contributed by atoms with Crippen LogP contribution in [0.1, 0.15) is 30.9 Å². The molecule has 0 aromatic heterocycles. The van der Waals surface area contributed by atoms with Gasteiger partial charge in [-0.3, -0.25) is 4.90 Å². The van der Waals surface area contributed by atoms with Gasteiger partial charge in [0, 0.05) is 12.6 Å². The maximum atomic E-state index is 5.82. The number of aryl methyl sites for hydroxylation is 1. The van der Waals surface area contributed by atoms with Crippen LogP contribution in [-0.2, 0) is 12.8 Å². The molecule has 0 bridgehead atoms. The topological polar surface area (TPSA) is 38.5 Å². The zero-order valence-electron chi connectivity index (χ0n) is 15.0. The van der Waals surface area contributed by atoms with Crippen LogP contribution in [0.2, 0.25) is 0 Å². The third-order valence-electron chi connectivity index (χ3n) is 4.71. The molecule has 1 aliphatic carbocycles. The summed E-state index contributed by atoms with van der Waals surface area (Å²) in [7, 11) is 1.76. The third-order valence-corrected chi connectivity index (χ3v) is 4.71. The lowest BCUT2D eigenvalue weighted by Gasteiger charge is -2.36. The Balaban J connectivity index is 2.17. The summed E-state index contributed by atoms with van der Waals surface area (Å²) in [4.78, 5) is 2.56. The Morgan fingerprint density at radius 2 is 2.29 bits per heavy atom. The molecule has 2 rings (SSSR count). The van der Waals surface area contributed by atoms with E-state index in [4.69, 9.17) is 10.5 Å². The van der Waals surface area contributed by atoms with Crippen molar-refractivity contribution in [1.29, 1.82) is 0 Å². The predicted octanol–water partition coefficient (Wildman–Crippen LogP) is 3.85. The molecule has 3 heteroatoms. The highest BCUT2D eigenvalue weighted by Crippen LogP contribution is 2.31. The molecule has 3 nitrogen and oxygen atoms in total. The molecular weight excluding hydrogens is 296 g/mol. The van der Waals surface area contributed by atoms with Gasteiger partial charge in [-0.05, 0) is 61.2 Å². The van der Waals surface area contributed by atoms with Crippen LogP contribution in [0.5, 0.6) is 5.75 Å². The maximum absolute atomic E-state index is 5.82. The van der Waals surface area contributed by atoms with Crippen LogP contribution in [0.25, 0.3) is 0 Å². The lowest BCUT2D eigenvalue weighted by atomic mass is 9.86. The van der Waals surface area contributed by atoms with Crippen molar-refractivity contribution < 1.29 is 4.74 Å². The van der Waals surface area contributed by atoms with Crippen molar-refractivity contribution in [3.8, 4) is 5.75 Å². The van der Waals surface area contributed by atoms with E-state index >= 15 is 0 Å². The number of methoxy groups -OCH3 is 1. The van der Waals surface area contributed by atoms with Crippen molar-refractivity contribution in [3.05, 3.63) is 65.9 Å². The van der Waals surface area contributed by atoms with Crippen LogP contribution < -0.4 is 10.5 Å². The Hall–Kier alpha value is -2.00. The van der Waals surface area contributed by atoms with Gasteiger partial charge in [0.05, 0.1) is 7.11 Å². The highest BCUT2D eigenvalue weighted by atomic mass is 16.5. The Bertz CT molecular complexity index is 590. The van der Waals surface area contributed by atoms with Crippen molar-refractivity contribution >= 4 is 0 Å². The fourth-order valence-electron chi connectivity index (χ4n) is 3.50. The second-order valence-electron chi connectivity index (χ2n) is 6.30. The summed E-state index contributed by atoms with van der Waals surface area (Å²) in [6.45, 7) is 7.92. The van der Waals surface area contributed by atoms with Crippen LogP contribution in [0.4, 0.5) is 0 Å².